The monoisotopic (exact) mass is 262 g/mol. The number of anilines is 1. The minimum Gasteiger partial charge on any atom is -0.373 e. The molecule has 2 aliphatic rings. The molecule has 1 saturated heterocycles. The summed E-state index contributed by atoms with van der Waals surface area (Å²) in [5.74, 6) is 1.58. The zero-order valence-electron chi connectivity index (χ0n) is 11.3. The second kappa shape index (κ2) is 5.84. The Bertz CT molecular complexity index is 402. The van der Waals surface area contributed by atoms with Crippen molar-refractivity contribution in [2.24, 2.45) is 5.73 Å². The van der Waals surface area contributed by atoms with Crippen molar-refractivity contribution in [2.45, 2.75) is 37.7 Å². The van der Waals surface area contributed by atoms with Crippen LogP contribution in [0.25, 0.3) is 0 Å². The number of morpholine rings is 1. The van der Waals surface area contributed by atoms with Gasteiger partial charge in [-0.3, -0.25) is 0 Å². The third kappa shape index (κ3) is 2.87. The molecule has 1 unspecified atom stereocenters. The van der Waals surface area contributed by atoms with Crippen molar-refractivity contribution in [3.8, 4) is 0 Å². The summed E-state index contributed by atoms with van der Waals surface area (Å²) in [6.45, 7) is 2.96. The number of hydrogen-bond donors (Lipinski definition) is 1. The van der Waals surface area contributed by atoms with Gasteiger partial charge in [-0.15, -0.1) is 5.10 Å². The van der Waals surface area contributed by atoms with Gasteiger partial charge in [0.25, 0.3) is 0 Å². The summed E-state index contributed by atoms with van der Waals surface area (Å²) in [5, 5.41) is 8.82. The van der Waals surface area contributed by atoms with Crippen LogP contribution in [-0.4, -0.2) is 42.5 Å². The van der Waals surface area contributed by atoms with Gasteiger partial charge in [-0.05, 0) is 25.0 Å². The first kappa shape index (κ1) is 12.8. The highest BCUT2D eigenvalue weighted by atomic mass is 16.5. The third-order valence-corrected chi connectivity index (χ3v) is 4.17. The van der Waals surface area contributed by atoms with Gasteiger partial charge in [0.2, 0.25) is 0 Å². The van der Waals surface area contributed by atoms with E-state index in [1.807, 2.05) is 0 Å². The maximum absolute atomic E-state index is 5.66. The molecule has 19 heavy (non-hydrogen) atoms. The van der Waals surface area contributed by atoms with E-state index in [9.17, 15) is 0 Å². The van der Waals surface area contributed by atoms with Gasteiger partial charge in [-0.2, -0.15) is 5.10 Å². The molecule has 1 atom stereocenters. The Morgan fingerprint density at radius 3 is 2.79 bits per heavy atom. The van der Waals surface area contributed by atoms with Crippen molar-refractivity contribution >= 4 is 5.82 Å². The van der Waals surface area contributed by atoms with Crippen molar-refractivity contribution in [2.75, 3.05) is 31.1 Å². The molecule has 1 aromatic rings. The quantitative estimate of drug-likeness (QED) is 0.889. The van der Waals surface area contributed by atoms with Crippen molar-refractivity contribution in [3.63, 3.8) is 0 Å². The minimum absolute atomic E-state index is 0.116. The normalized spacial score (nSPS) is 24.9. The molecule has 1 aliphatic carbocycles. The van der Waals surface area contributed by atoms with Gasteiger partial charge in [0.15, 0.2) is 5.82 Å². The Balaban J connectivity index is 1.67. The average Bonchev–Trinajstić information content (AvgIpc) is 3.02. The van der Waals surface area contributed by atoms with E-state index < -0.39 is 0 Å². The van der Waals surface area contributed by atoms with Crippen LogP contribution in [0.1, 0.15) is 37.3 Å². The van der Waals surface area contributed by atoms with Crippen LogP contribution < -0.4 is 10.6 Å². The lowest BCUT2D eigenvalue weighted by molar-refractivity contribution is 0.0462. The van der Waals surface area contributed by atoms with Crippen LogP contribution in [-0.2, 0) is 4.74 Å². The van der Waals surface area contributed by atoms with Gasteiger partial charge in [-0.25, -0.2) is 0 Å². The molecule has 0 bridgehead atoms. The summed E-state index contributed by atoms with van der Waals surface area (Å²) < 4.78 is 5.57. The van der Waals surface area contributed by atoms with Gasteiger partial charge >= 0.3 is 0 Å². The van der Waals surface area contributed by atoms with Crippen LogP contribution in [0.4, 0.5) is 5.82 Å². The summed E-state index contributed by atoms with van der Waals surface area (Å²) >= 11 is 0. The van der Waals surface area contributed by atoms with Crippen LogP contribution in [0.2, 0.25) is 0 Å². The van der Waals surface area contributed by atoms with Crippen molar-refractivity contribution in [3.05, 3.63) is 17.8 Å². The number of hydrogen-bond acceptors (Lipinski definition) is 5. The lowest BCUT2D eigenvalue weighted by Crippen LogP contribution is -2.46. The fraction of sp³-hybridized carbons (Fsp3) is 0.714. The second-order valence-electron chi connectivity index (χ2n) is 5.47. The molecule has 104 valence electrons. The third-order valence-electron chi connectivity index (χ3n) is 4.17. The Hall–Kier alpha value is -1.20. The molecule has 5 nitrogen and oxygen atoms in total. The molecule has 1 aromatic heterocycles. The first-order valence-corrected chi connectivity index (χ1v) is 7.27. The highest BCUT2D eigenvalue weighted by Gasteiger charge is 2.22. The Labute approximate surface area is 114 Å². The van der Waals surface area contributed by atoms with Crippen LogP contribution >= 0.6 is 0 Å². The van der Waals surface area contributed by atoms with Crippen LogP contribution in [0.15, 0.2) is 12.1 Å². The second-order valence-corrected chi connectivity index (χ2v) is 5.47. The Kier molecular flexibility index (Phi) is 3.94. The average molecular weight is 262 g/mol. The first-order valence-electron chi connectivity index (χ1n) is 7.27. The summed E-state index contributed by atoms with van der Waals surface area (Å²) in [7, 11) is 0. The van der Waals surface area contributed by atoms with E-state index in [0.29, 0.717) is 19.1 Å². The predicted octanol–water partition coefficient (Wildman–Crippen LogP) is 1.30. The zero-order valence-corrected chi connectivity index (χ0v) is 11.3. The maximum atomic E-state index is 5.66. The lowest BCUT2D eigenvalue weighted by Gasteiger charge is -2.32. The molecule has 0 radical (unpaired) electrons. The summed E-state index contributed by atoms with van der Waals surface area (Å²) in [6, 6.07) is 4.24. The summed E-state index contributed by atoms with van der Waals surface area (Å²) in [6.07, 6.45) is 5.30. The number of ether oxygens (including phenoxy) is 1. The number of rotatable bonds is 3. The van der Waals surface area contributed by atoms with E-state index >= 15 is 0 Å². The number of aromatic nitrogens is 2. The number of nitrogens with two attached hydrogens (primary N) is 1. The number of nitrogens with zero attached hydrogens (tertiary/aromatic N) is 3. The molecule has 5 heteroatoms. The van der Waals surface area contributed by atoms with Crippen molar-refractivity contribution in [1.82, 2.24) is 10.2 Å². The van der Waals surface area contributed by atoms with Gasteiger partial charge in [-0.1, -0.05) is 12.8 Å². The molecule has 1 saturated carbocycles. The van der Waals surface area contributed by atoms with E-state index in [4.69, 9.17) is 10.5 Å². The highest BCUT2D eigenvalue weighted by molar-refractivity contribution is 5.38. The lowest BCUT2D eigenvalue weighted by atomic mass is 10.0. The summed E-state index contributed by atoms with van der Waals surface area (Å²) in [5.41, 5.74) is 6.82. The fourth-order valence-electron chi connectivity index (χ4n) is 3.01. The SMILES string of the molecule is NCC1CN(c2ccc(C3CCCC3)nn2)CCO1. The standard InChI is InChI=1S/C14H22N4O/c15-9-12-10-18(7-8-19-12)14-6-5-13(16-17-14)11-3-1-2-4-11/h5-6,11-12H,1-4,7-10,15H2. The van der Waals surface area contributed by atoms with E-state index in [1.54, 1.807) is 0 Å². The predicted molar refractivity (Wildman–Crippen MR) is 74.2 cm³/mol. The van der Waals surface area contributed by atoms with Crippen LogP contribution in [0.3, 0.4) is 0 Å². The van der Waals surface area contributed by atoms with E-state index in [1.165, 1.54) is 25.7 Å². The van der Waals surface area contributed by atoms with E-state index in [2.05, 4.69) is 27.2 Å². The van der Waals surface area contributed by atoms with Crippen LogP contribution in [0, 0.1) is 0 Å². The van der Waals surface area contributed by atoms with Gasteiger partial charge in [0, 0.05) is 25.6 Å². The topological polar surface area (TPSA) is 64.3 Å². The molecule has 2 N–H and O–H groups in total. The zero-order chi connectivity index (χ0) is 13.1. The minimum atomic E-state index is 0.116. The molecule has 2 fully saturated rings. The molecule has 2 heterocycles. The highest BCUT2D eigenvalue weighted by Crippen LogP contribution is 2.32. The molecule has 0 spiro atoms. The van der Waals surface area contributed by atoms with E-state index in [0.717, 1.165) is 24.6 Å². The largest absolute Gasteiger partial charge is 0.373 e. The summed E-state index contributed by atoms with van der Waals surface area (Å²) in [4.78, 5) is 2.21. The first-order chi connectivity index (χ1) is 9.36. The molecular formula is C14H22N4O. The van der Waals surface area contributed by atoms with Gasteiger partial charge in [0.1, 0.15) is 0 Å². The maximum Gasteiger partial charge on any atom is 0.151 e. The molecule has 0 amide bonds. The molecule has 3 rings (SSSR count). The van der Waals surface area contributed by atoms with Crippen molar-refractivity contribution < 1.29 is 4.74 Å². The van der Waals surface area contributed by atoms with Gasteiger partial charge in [0.05, 0.1) is 18.4 Å². The molecule has 1 aliphatic heterocycles. The van der Waals surface area contributed by atoms with Gasteiger partial charge < -0.3 is 15.4 Å². The Morgan fingerprint density at radius 1 is 1.26 bits per heavy atom. The fourth-order valence-corrected chi connectivity index (χ4v) is 3.01. The Morgan fingerprint density at radius 2 is 2.11 bits per heavy atom. The van der Waals surface area contributed by atoms with Crippen molar-refractivity contribution in [1.29, 1.82) is 0 Å². The molecular weight excluding hydrogens is 240 g/mol. The van der Waals surface area contributed by atoms with E-state index in [-0.39, 0.29) is 6.10 Å². The smallest absolute Gasteiger partial charge is 0.151 e. The molecule has 0 aromatic carbocycles. The van der Waals surface area contributed by atoms with Crippen LogP contribution in [0.5, 0.6) is 0 Å².